The van der Waals surface area contributed by atoms with E-state index in [1.165, 1.54) is 4.90 Å². The van der Waals surface area contributed by atoms with E-state index in [4.69, 9.17) is 28.6 Å². The average Bonchev–Trinajstić information content (AvgIpc) is 2.47. The molecule has 1 N–H and O–H groups in total. The van der Waals surface area contributed by atoms with Gasteiger partial charge in [-0.1, -0.05) is 29.8 Å². The fourth-order valence-corrected chi connectivity index (χ4v) is 2.60. The smallest absolute Gasteiger partial charge is 0.262 e. The number of halogens is 1. The molecule has 0 atom stereocenters. The van der Waals surface area contributed by atoms with Gasteiger partial charge in [-0.3, -0.25) is 0 Å². The average molecular weight is 324 g/mol. The van der Waals surface area contributed by atoms with Crippen LogP contribution in [-0.2, 0) is 0 Å². The molecule has 0 aliphatic rings. The first kappa shape index (κ1) is 15.2. The van der Waals surface area contributed by atoms with Crippen LogP contribution in [0.1, 0.15) is 0 Å². The van der Waals surface area contributed by atoms with Gasteiger partial charge in [0.05, 0.1) is 0 Å². The van der Waals surface area contributed by atoms with E-state index in [1.54, 1.807) is 36.0 Å². The van der Waals surface area contributed by atoms with Gasteiger partial charge in [-0.25, -0.2) is 0 Å². The quantitative estimate of drug-likeness (QED) is 0.500. The Labute approximate surface area is 133 Å². The third-order valence-electron chi connectivity index (χ3n) is 2.41. The summed E-state index contributed by atoms with van der Waals surface area (Å²) < 4.78 is 5.47. The van der Waals surface area contributed by atoms with Crippen molar-refractivity contribution >= 4 is 40.8 Å². The first-order valence-electron chi connectivity index (χ1n) is 6.13. The highest BCUT2D eigenvalue weighted by Crippen LogP contribution is 2.17. The number of rotatable bonds is 5. The Hall–Kier alpha value is -1.23. The first-order chi connectivity index (χ1) is 9.74. The highest BCUT2D eigenvalue weighted by Gasteiger charge is 2.00. The van der Waals surface area contributed by atoms with Crippen molar-refractivity contribution in [1.29, 1.82) is 0 Å². The van der Waals surface area contributed by atoms with E-state index in [0.717, 1.165) is 12.3 Å². The summed E-state index contributed by atoms with van der Waals surface area (Å²) >= 11 is 12.7. The van der Waals surface area contributed by atoms with E-state index in [2.05, 4.69) is 17.4 Å². The molecule has 0 saturated carbocycles. The molecule has 0 heterocycles. The van der Waals surface area contributed by atoms with Crippen LogP contribution in [0.15, 0.2) is 59.5 Å². The maximum absolute atomic E-state index is 5.80. The van der Waals surface area contributed by atoms with Crippen molar-refractivity contribution in [3.63, 3.8) is 0 Å². The summed E-state index contributed by atoms with van der Waals surface area (Å²) in [5, 5.41) is 4.12. The van der Waals surface area contributed by atoms with Gasteiger partial charge in [0.15, 0.2) is 0 Å². The standard InChI is InChI=1S/C15H14ClNOS2/c16-12-6-8-13(9-7-12)18-15(19)17-10-11-20-14-4-2-1-3-5-14/h1-9H,10-11H2,(H,17,19). The second-order valence-corrected chi connectivity index (χ2v) is 5.91. The lowest BCUT2D eigenvalue weighted by atomic mass is 10.3. The summed E-state index contributed by atoms with van der Waals surface area (Å²) in [4.78, 5) is 1.25. The molecule has 0 bridgehead atoms. The van der Waals surface area contributed by atoms with Crippen LogP contribution in [0.2, 0.25) is 5.02 Å². The summed E-state index contributed by atoms with van der Waals surface area (Å²) in [5.41, 5.74) is 0. The third-order valence-corrected chi connectivity index (χ3v) is 3.90. The summed E-state index contributed by atoms with van der Waals surface area (Å²) in [6, 6.07) is 17.4. The van der Waals surface area contributed by atoms with Crippen molar-refractivity contribution in [3.05, 3.63) is 59.6 Å². The van der Waals surface area contributed by atoms with Gasteiger partial charge in [0, 0.05) is 22.2 Å². The monoisotopic (exact) mass is 323 g/mol. The molecule has 5 heteroatoms. The minimum absolute atomic E-state index is 0.376. The summed E-state index contributed by atoms with van der Waals surface area (Å²) in [7, 11) is 0. The topological polar surface area (TPSA) is 21.3 Å². The zero-order valence-electron chi connectivity index (χ0n) is 10.7. The van der Waals surface area contributed by atoms with Gasteiger partial charge in [-0.15, -0.1) is 11.8 Å². The molecule has 2 aromatic rings. The minimum atomic E-state index is 0.376. The molecular formula is C15H14ClNOS2. The second kappa shape index (κ2) is 8.15. The molecule has 2 nitrogen and oxygen atoms in total. The molecule has 2 rings (SSSR count). The van der Waals surface area contributed by atoms with Gasteiger partial charge in [0.1, 0.15) is 5.75 Å². The maximum atomic E-state index is 5.80. The molecule has 104 valence electrons. The van der Waals surface area contributed by atoms with Crippen LogP contribution in [0.4, 0.5) is 0 Å². The van der Waals surface area contributed by atoms with Gasteiger partial charge in [-0.05, 0) is 48.6 Å². The molecule has 20 heavy (non-hydrogen) atoms. The number of benzene rings is 2. The molecule has 0 unspecified atom stereocenters. The minimum Gasteiger partial charge on any atom is -0.432 e. The van der Waals surface area contributed by atoms with Crippen LogP contribution in [0, 0.1) is 0 Å². The molecule has 0 saturated heterocycles. The lowest BCUT2D eigenvalue weighted by Gasteiger charge is -2.09. The van der Waals surface area contributed by atoms with E-state index in [1.807, 2.05) is 18.2 Å². The number of nitrogens with one attached hydrogen (secondary N) is 1. The predicted molar refractivity (Wildman–Crippen MR) is 89.8 cm³/mol. The molecule has 0 aromatic heterocycles. The Bertz CT molecular complexity index is 546. The lowest BCUT2D eigenvalue weighted by molar-refractivity contribution is 0.535. The van der Waals surface area contributed by atoms with Gasteiger partial charge in [-0.2, -0.15) is 0 Å². The number of thioether (sulfide) groups is 1. The Morgan fingerprint density at radius 1 is 1.10 bits per heavy atom. The van der Waals surface area contributed by atoms with E-state index in [0.29, 0.717) is 15.9 Å². The maximum Gasteiger partial charge on any atom is 0.262 e. The second-order valence-electron chi connectivity index (χ2n) is 3.93. The van der Waals surface area contributed by atoms with Gasteiger partial charge in [0.2, 0.25) is 0 Å². The van der Waals surface area contributed by atoms with Crippen LogP contribution in [0.3, 0.4) is 0 Å². The Morgan fingerprint density at radius 2 is 1.80 bits per heavy atom. The van der Waals surface area contributed by atoms with E-state index >= 15 is 0 Å². The molecule has 0 fully saturated rings. The van der Waals surface area contributed by atoms with Gasteiger partial charge in [0.25, 0.3) is 5.17 Å². The molecule has 0 amide bonds. The Balaban J connectivity index is 1.66. The van der Waals surface area contributed by atoms with Crippen molar-refractivity contribution in [1.82, 2.24) is 5.32 Å². The molecule has 2 aromatic carbocycles. The van der Waals surface area contributed by atoms with Crippen molar-refractivity contribution in [2.75, 3.05) is 12.3 Å². The molecule has 0 aliphatic carbocycles. The SMILES string of the molecule is S=C(NCCSc1ccccc1)Oc1ccc(Cl)cc1. The van der Waals surface area contributed by atoms with E-state index in [-0.39, 0.29) is 0 Å². The van der Waals surface area contributed by atoms with Crippen LogP contribution >= 0.6 is 35.6 Å². The van der Waals surface area contributed by atoms with Gasteiger partial charge < -0.3 is 10.1 Å². The van der Waals surface area contributed by atoms with Gasteiger partial charge >= 0.3 is 0 Å². The van der Waals surface area contributed by atoms with E-state index in [9.17, 15) is 0 Å². The van der Waals surface area contributed by atoms with Crippen molar-refractivity contribution in [2.45, 2.75) is 4.90 Å². The zero-order valence-corrected chi connectivity index (χ0v) is 13.1. The normalized spacial score (nSPS) is 10.1. The first-order valence-corrected chi connectivity index (χ1v) is 7.90. The predicted octanol–water partition coefficient (Wildman–Crippen LogP) is 4.39. The van der Waals surface area contributed by atoms with E-state index < -0.39 is 0 Å². The third kappa shape index (κ3) is 5.41. The number of thiocarbonyl (C=S) groups is 1. The van der Waals surface area contributed by atoms with Crippen LogP contribution in [-0.4, -0.2) is 17.5 Å². The fourth-order valence-electron chi connectivity index (χ4n) is 1.48. The fraction of sp³-hybridized carbons (Fsp3) is 0.133. The zero-order chi connectivity index (χ0) is 14.2. The highest BCUT2D eigenvalue weighted by molar-refractivity contribution is 7.99. The highest BCUT2D eigenvalue weighted by atomic mass is 35.5. The summed E-state index contributed by atoms with van der Waals surface area (Å²) in [5.74, 6) is 1.61. The number of ether oxygens (including phenoxy) is 1. The lowest BCUT2D eigenvalue weighted by Crippen LogP contribution is -2.28. The summed E-state index contributed by atoms with van der Waals surface area (Å²) in [6.45, 7) is 0.756. The Kier molecular flexibility index (Phi) is 6.18. The largest absolute Gasteiger partial charge is 0.432 e. The molecular weight excluding hydrogens is 310 g/mol. The van der Waals surface area contributed by atoms with Crippen LogP contribution in [0.25, 0.3) is 0 Å². The molecule has 0 radical (unpaired) electrons. The molecule has 0 aliphatic heterocycles. The summed E-state index contributed by atoms with van der Waals surface area (Å²) in [6.07, 6.45) is 0. The van der Waals surface area contributed by atoms with Crippen molar-refractivity contribution in [2.24, 2.45) is 0 Å². The van der Waals surface area contributed by atoms with Crippen LogP contribution < -0.4 is 10.1 Å². The van der Waals surface area contributed by atoms with Crippen molar-refractivity contribution < 1.29 is 4.74 Å². The number of hydrogen-bond acceptors (Lipinski definition) is 3. The van der Waals surface area contributed by atoms with Crippen LogP contribution in [0.5, 0.6) is 5.75 Å². The Morgan fingerprint density at radius 3 is 2.50 bits per heavy atom. The molecule has 0 spiro atoms. The number of hydrogen-bond donors (Lipinski definition) is 1. The van der Waals surface area contributed by atoms with Crippen molar-refractivity contribution in [3.8, 4) is 5.75 Å².